The highest BCUT2D eigenvalue weighted by atomic mass is 19.1. The van der Waals surface area contributed by atoms with E-state index >= 15 is 0 Å². The van der Waals surface area contributed by atoms with E-state index in [1.165, 1.54) is 12.1 Å². The van der Waals surface area contributed by atoms with Gasteiger partial charge in [0.15, 0.2) is 0 Å². The number of aliphatic hydroxyl groups is 1. The van der Waals surface area contributed by atoms with Crippen molar-refractivity contribution in [2.75, 3.05) is 26.3 Å². The van der Waals surface area contributed by atoms with E-state index in [0.29, 0.717) is 19.6 Å². The Morgan fingerprint density at radius 2 is 2.29 bits per heavy atom. The first-order chi connectivity index (χ1) is 11.6. The van der Waals surface area contributed by atoms with Gasteiger partial charge in [-0.1, -0.05) is 12.1 Å². The van der Waals surface area contributed by atoms with Crippen LogP contribution in [0.4, 0.5) is 4.39 Å². The Morgan fingerprint density at radius 1 is 1.42 bits per heavy atom. The standard InChI is InChI=1S/C18H24FN3O2/c1-2-22-14-20-10-17(22)11-21-6-7-24-18(12-21,13-23)9-15-4-3-5-16(19)8-15/h3-5,8,10,14,23H,2,6-7,9,11-13H2,1H3/t18-/m1/s1. The van der Waals surface area contributed by atoms with Crippen LogP contribution in [0, 0.1) is 5.82 Å². The molecule has 1 saturated heterocycles. The highest BCUT2D eigenvalue weighted by Gasteiger charge is 2.36. The number of ether oxygens (including phenoxy) is 1. The van der Waals surface area contributed by atoms with Gasteiger partial charge in [-0.3, -0.25) is 4.90 Å². The largest absolute Gasteiger partial charge is 0.393 e. The van der Waals surface area contributed by atoms with Crippen molar-refractivity contribution in [1.29, 1.82) is 0 Å². The van der Waals surface area contributed by atoms with Gasteiger partial charge in [-0.25, -0.2) is 9.37 Å². The Bertz CT molecular complexity index is 676. The first-order valence-electron chi connectivity index (χ1n) is 8.35. The summed E-state index contributed by atoms with van der Waals surface area (Å²) < 4.78 is 21.5. The van der Waals surface area contributed by atoms with Gasteiger partial charge in [-0.05, 0) is 24.6 Å². The number of aryl methyl sites for hydroxylation is 1. The van der Waals surface area contributed by atoms with Crippen LogP contribution in [-0.4, -0.2) is 51.5 Å². The minimum absolute atomic E-state index is 0.0902. The molecule has 0 bridgehead atoms. The average Bonchev–Trinajstić information content (AvgIpc) is 3.02. The third-order valence-electron chi connectivity index (χ3n) is 4.56. The smallest absolute Gasteiger partial charge is 0.123 e. The highest BCUT2D eigenvalue weighted by molar-refractivity contribution is 5.19. The SMILES string of the molecule is CCn1cncc1CN1CCO[C@](CO)(Cc2cccc(F)c2)C1. The molecule has 130 valence electrons. The van der Waals surface area contributed by atoms with Crippen LogP contribution in [0.5, 0.6) is 0 Å². The van der Waals surface area contributed by atoms with Crippen LogP contribution >= 0.6 is 0 Å². The lowest BCUT2D eigenvalue weighted by Crippen LogP contribution is -2.55. The van der Waals surface area contributed by atoms with Gasteiger partial charge in [0.2, 0.25) is 0 Å². The second-order valence-electron chi connectivity index (χ2n) is 6.38. The number of hydrogen-bond acceptors (Lipinski definition) is 4. The van der Waals surface area contributed by atoms with Crippen molar-refractivity contribution in [2.24, 2.45) is 0 Å². The zero-order valence-electron chi connectivity index (χ0n) is 14.0. The first kappa shape index (κ1) is 17.1. The van der Waals surface area contributed by atoms with E-state index in [4.69, 9.17) is 4.74 Å². The molecule has 5 nitrogen and oxygen atoms in total. The third kappa shape index (κ3) is 3.83. The van der Waals surface area contributed by atoms with Gasteiger partial charge in [0.1, 0.15) is 11.4 Å². The van der Waals surface area contributed by atoms with Crippen LogP contribution in [-0.2, 0) is 24.2 Å². The minimum atomic E-state index is -0.691. The summed E-state index contributed by atoms with van der Waals surface area (Å²) in [6.07, 6.45) is 4.21. The summed E-state index contributed by atoms with van der Waals surface area (Å²) >= 11 is 0. The van der Waals surface area contributed by atoms with E-state index in [0.717, 1.165) is 30.9 Å². The fourth-order valence-electron chi connectivity index (χ4n) is 3.33. The molecule has 24 heavy (non-hydrogen) atoms. The molecule has 0 amide bonds. The van der Waals surface area contributed by atoms with E-state index in [1.807, 2.05) is 18.6 Å². The van der Waals surface area contributed by atoms with Crippen molar-refractivity contribution in [3.8, 4) is 0 Å². The summed E-state index contributed by atoms with van der Waals surface area (Å²) in [4.78, 5) is 6.47. The number of imidazole rings is 1. The lowest BCUT2D eigenvalue weighted by atomic mass is 9.93. The van der Waals surface area contributed by atoms with Gasteiger partial charge >= 0.3 is 0 Å². The molecular weight excluding hydrogens is 309 g/mol. The molecule has 1 aromatic heterocycles. The topological polar surface area (TPSA) is 50.5 Å². The molecule has 1 aliphatic heterocycles. The average molecular weight is 333 g/mol. The summed E-state index contributed by atoms with van der Waals surface area (Å²) in [6.45, 7) is 5.61. The molecule has 6 heteroatoms. The minimum Gasteiger partial charge on any atom is -0.393 e. The number of benzene rings is 1. The predicted octanol–water partition coefficient (Wildman–Crippen LogP) is 1.85. The molecule has 0 spiro atoms. The predicted molar refractivity (Wildman–Crippen MR) is 89.1 cm³/mol. The molecule has 1 aliphatic rings. The van der Waals surface area contributed by atoms with Crippen molar-refractivity contribution in [2.45, 2.75) is 32.0 Å². The molecule has 0 aliphatic carbocycles. The molecule has 0 unspecified atom stereocenters. The van der Waals surface area contributed by atoms with E-state index < -0.39 is 5.60 Å². The van der Waals surface area contributed by atoms with E-state index in [2.05, 4.69) is 21.4 Å². The normalized spacial score (nSPS) is 22.0. The maximum Gasteiger partial charge on any atom is 0.123 e. The van der Waals surface area contributed by atoms with Gasteiger partial charge in [0.05, 0.1) is 25.2 Å². The molecule has 1 atom stereocenters. The fraction of sp³-hybridized carbons (Fsp3) is 0.500. The molecule has 2 heterocycles. The molecule has 2 aromatic rings. The van der Waals surface area contributed by atoms with Gasteiger partial charge in [0.25, 0.3) is 0 Å². The van der Waals surface area contributed by atoms with E-state index in [9.17, 15) is 9.50 Å². The Kier molecular flexibility index (Phi) is 5.28. The zero-order chi connectivity index (χ0) is 17.0. The fourth-order valence-corrected chi connectivity index (χ4v) is 3.33. The number of rotatable bonds is 6. The number of hydrogen-bond donors (Lipinski definition) is 1. The molecule has 1 N–H and O–H groups in total. The third-order valence-corrected chi connectivity index (χ3v) is 4.56. The lowest BCUT2D eigenvalue weighted by molar-refractivity contribution is -0.134. The van der Waals surface area contributed by atoms with Crippen molar-refractivity contribution in [3.05, 3.63) is 53.9 Å². The molecule has 1 aromatic carbocycles. The number of aliphatic hydroxyl groups excluding tert-OH is 1. The van der Waals surface area contributed by atoms with Crippen LogP contribution in [0.2, 0.25) is 0 Å². The monoisotopic (exact) mass is 333 g/mol. The van der Waals surface area contributed by atoms with Gasteiger partial charge < -0.3 is 14.4 Å². The number of halogens is 1. The maximum absolute atomic E-state index is 13.4. The Labute approximate surface area is 141 Å². The second kappa shape index (κ2) is 7.42. The van der Waals surface area contributed by atoms with Crippen molar-refractivity contribution in [1.82, 2.24) is 14.5 Å². The van der Waals surface area contributed by atoms with Crippen molar-refractivity contribution < 1.29 is 14.2 Å². The van der Waals surface area contributed by atoms with Gasteiger partial charge in [-0.15, -0.1) is 0 Å². The first-order valence-corrected chi connectivity index (χ1v) is 8.35. The van der Waals surface area contributed by atoms with Crippen molar-refractivity contribution in [3.63, 3.8) is 0 Å². The van der Waals surface area contributed by atoms with Gasteiger partial charge in [0, 0.05) is 38.8 Å². The van der Waals surface area contributed by atoms with Crippen LogP contribution in [0.15, 0.2) is 36.8 Å². The molecule has 1 fully saturated rings. The molecular formula is C18H24FN3O2. The highest BCUT2D eigenvalue weighted by Crippen LogP contribution is 2.24. The maximum atomic E-state index is 13.4. The molecule has 0 saturated carbocycles. The number of morpholine rings is 1. The summed E-state index contributed by atoms with van der Waals surface area (Å²) in [6, 6.07) is 6.49. The summed E-state index contributed by atoms with van der Waals surface area (Å²) in [5.41, 5.74) is 1.30. The second-order valence-corrected chi connectivity index (χ2v) is 6.38. The zero-order valence-corrected chi connectivity index (χ0v) is 14.0. The van der Waals surface area contributed by atoms with Gasteiger partial charge in [-0.2, -0.15) is 0 Å². The van der Waals surface area contributed by atoms with Crippen molar-refractivity contribution >= 4 is 0 Å². The molecule has 3 rings (SSSR count). The summed E-state index contributed by atoms with van der Waals surface area (Å²) in [5, 5.41) is 9.95. The quantitative estimate of drug-likeness (QED) is 0.876. The Balaban J connectivity index is 1.72. The van der Waals surface area contributed by atoms with Crippen LogP contribution in [0.3, 0.4) is 0 Å². The van der Waals surface area contributed by atoms with Crippen LogP contribution in [0.25, 0.3) is 0 Å². The summed E-state index contributed by atoms with van der Waals surface area (Å²) in [5.74, 6) is -0.264. The number of nitrogens with zero attached hydrogens (tertiary/aromatic N) is 3. The van der Waals surface area contributed by atoms with E-state index in [-0.39, 0.29) is 12.4 Å². The Hall–Kier alpha value is -1.76. The van der Waals surface area contributed by atoms with Crippen LogP contribution < -0.4 is 0 Å². The molecule has 0 radical (unpaired) electrons. The Morgan fingerprint density at radius 3 is 3.04 bits per heavy atom. The summed E-state index contributed by atoms with van der Waals surface area (Å²) in [7, 11) is 0. The lowest BCUT2D eigenvalue weighted by Gasteiger charge is -2.42. The van der Waals surface area contributed by atoms with Crippen LogP contribution in [0.1, 0.15) is 18.2 Å². The van der Waals surface area contributed by atoms with E-state index in [1.54, 1.807) is 6.07 Å². The number of aromatic nitrogens is 2.